The van der Waals surface area contributed by atoms with Crippen molar-refractivity contribution in [3.63, 3.8) is 0 Å². The molecule has 7 nitrogen and oxygen atoms in total. The van der Waals surface area contributed by atoms with Crippen LogP contribution in [0, 0.1) is 0 Å². The van der Waals surface area contributed by atoms with Crippen LogP contribution >= 0.6 is 0 Å². The predicted octanol–water partition coefficient (Wildman–Crippen LogP) is 1.51. The van der Waals surface area contributed by atoms with E-state index in [1.807, 2.05) is 18.2 Å². The van der Waals surface area contributed by atoms with Crippen LogP contribution in [-0.2, 0) is 13.5 Å². The van der Waals surface area contributed by atoms with Gasteiger partial charge in [-0.3, -0.25) is 4.68 Å². The van der Waals surface area contributed by atoms with Gasteiger partial charge in [0.25, 0.3) is 0 Å². The summed E-state index contributed by atoms with van der Waals surface area (Å²) in [5.41, 5.74) is 1.75. The summed E-state index contributed by atoms with van der Waals surface area (Å²) in [6.07, 6.45) is 4.05. The van der Waals surface area contributed by atoms with Gasteiger partial charge in [0, 0.05) is 19.8 Å². The van der Waals surface area contributed by atoms with Crippen molar-refractivity contribution < 1.29 is 14.3 Å². The molecule has 0 unspecified atom stereocenters. The SMILES string of the molecule is Cn1cc(NC(=O)NCCc2ccc3c(c2)OCO3)cn1. The fourth-order valence-corrected chi connectivity index (χ4v) is 2.08. The van der Waals surface area contributed by atoms with Crippen LogP contribution in [-0.4, -0.2) is 29.1 Å². The number of fused-ring (bicyclic) bond motifs is 1. The average Bonchev–Trinajstić information content (AvgIpc) is 3.07. The van der Waals surface area contributed by atoms with Gasteiger partial charge in [-0.05, 0) is 24.1 Å². The Balaban J connectivity index is 1.46. The lowest BCUT2D eigenvalue weighted by atomic mass is 10.1. The summed E-state index contributed by atoms with van der Waals surface area (Å²) in [6, 6.07) is 5.54. The molecule has 0 fully saturated rings. The zero-order valence-corrected chi connectivity index (χ0v) is 11.6. The van der Waals surface area contributed by atoms with Gasteiger partial charge in [-0.25, -0.2) is 4.79 Å². The van der Waals surface area contributed by atoms with E-state index in [-0.39, 0.29) is 12.8 Å². The zero-order chi connectivity index (χ0) is 14.7. The van der Waals surface area contributed by atoms with Crippen LogP contribution < -0.4 is 20.1 Å². The van der Waals surface area contributed by atoms with Crippen LogP contribution in [0.4, 0.5) is 10.5 Å². The molecule has 0 saturated carbocycles. The number of hydrogen-bond acceptors (Lipinski definition) is 4. The van der Waals surface area contributed by atoms with E-state index in [9.17, 15) is 4.79 Å². The Morgan fingerprint density at radius 1 is 1.38 bits per heavy atom. The molecule has 2 amide bonds. The van der Waals surface area contributed by atoms with Crippen molar-refractivity contribution in [2.45, 2.75) is 6.42 Å². The molecule has 1 aliphatic heterocycles. The number of aryl methyl sites for hydroxylation is 1. The topological polar surface area (TPSA) is 77.4 Å². The standard InChI is InChI=1S/C14H16N4O3/c1-18-8-11(7-16-18)17-14(19)15-5-4-10-2-3-12-13(6-10)21-9-20-12/h2-3,6-8H,4-5,9H2,1H3,(H2,15,17,19). The van der Waals surface area contributed by atoms with Gasteiger partial charge in [0.15, 0.2) is 11.5 Å². The smallest absolute Gasteiger partial charge is 0.319 e. The van der Waals surface area contributed by atoms with Crippen molar-refractivity contribution in [2.75, 3.05) is 18.7 Å². The van der Waals surface area contributed by atoms with Gasteiger partial charge in [0.2, 0.25) is 6.79 Å². The van der Waals surface area contributed by atoms with E-state index < -0.39 is 0 Å². The molecule has 3 rings (SSSR count). The largest absolute Gasteiger partial charge is 0.454 e. The first-order valence-electron chi connectivity index (χ1n) is 6.63. The second kappa shape index (κ2) is 5.74. The summed E-state index contributed by atoms with van der Waals surface area (Å²) in [5.74, 6) is 1.52. The monoisotopic (exact) mass is 288 g/mol. The van der Waals surface area contributed by atoms with Gasteiger partial charge in [-0.15, -0.1) is 0 Å². The Bertz CT molecular complexity index is 653. The number of amides is 2. The average molecular weight is 288 g/mol. The van der Waals surface area contributed by atoms with Crippen LogP contribution in [0.15, 0.2) is 30.6 Å². The van der Waals surface area contributed by atoms with Crippen molar-refractivity contribution in [2.24, 2.45) is 7.05 Å². The van der Waals surface area contributed by atoms with Crippen molar-refractivity contribution in [3.8, 4) is 11.5 Å². The number of urea groups is 1. The second-order valence-corrected chi connectivity index (χ2v) is 4.72. The summed E-state index contributed by atoms with van der Waals surface area (Å²) in [4.78, 5) is 11.7. The number of benzene rings is 1. The van der Waals surface area contributed by atoms with Crippen LogP contribution in [0.3, 0.4) is 0 Å². The van der Waals surface area contributed by atoms with Crippen LogP contribution in [0.2, 0.25) is 0 Å². The molecule has 0 saturated heterocycles. The van der Waals surface area contributed by atoms with E-state index in [1.165, 1.54) is 0 Å². The molecule has 1 aliphatic rings. The summed E-state index contributed by atoms with van der Waals surface area (Å²) < 4.78 is 12.2. The molecular formula is C14H16N4O3. The van der Waals surface area contributed by atoms with Gasteiger partial charge in [0.1, 0.15) is 0 Å². The Morgan fingerprint density at radius 3 is 3.05 bits per heavy atom. The third kappa shape index (κ3) is 3.25. The summed E-state index contributed by atoms with van der Waals surface area (Å²) >= 11 is 0. The van der Waals surface area contributed by atoms with Crippen molar-refractivity contribution in [1.29, 1.82) is 0 Å². The molecular weight excluding hydrogens is 272 g/mol. The molecule has 110 valence electrons. The van der Waals surface area contributed by atoms with E-state index >= 15 is 0 Å². The maximum Gasteiger partial charge on any atom is 0.319 e. The first kappa shape index (κ1) is 13.3. The lowest BCUT2D eigenvalue weighted by Gasteiger charge is -2.06. The second-order valence-electron chi connectivity index (χ2n) is 4.72. The number of anilines is 1. The molecule has 0 atom stereocenters. The number of carbonyl (C=O) groups is 1. The van der Waals surface area contributed by atoms with E-state index in [2.05, 4.69) is 15.7 Å². The minimum atomic E-state index is -0.247. The fraction of sp³-hybridized carbons (Fsp3) is 0.286. The van der Waals surface area contributed by atoms with E-state index in [4.69, 9.17) is 9.47 Å². The van der Waals surface area contributed by atoms with Gasteiger partial charge >= 0.3 is 6.03 Å². The van der Waals surface area contributed by atoms with Gasteiger partial charge in [-0.1, -0.05) is 6.07 Å². The van der Waals surface area contributed by atoms with Crippen LogP contribution in [0.5, 0.6) is 11.5 Å². The highest BCUT2D eigenvalue weighted by molar-refractivity contribution is 5.88. The number of hydrogen-bond donors (Lipinski definition) is 2. The zero-order valence-electron chi connectivity index (χ0n) is 11.6. The fourth-order valence-electron chi connectivity index (χ4n) is 2.08. The van der Waals surface area contributed by atoms with Crippen molar-refractivity contribution in [3.05, 3.63) is 36.2 Å². The molecule has 1 aromatic carbocycles. The maximum absolute atomic E-state index is 11.7. The number of ether oxygens (including phenoxy) is 2. The highest BCUT2D eigenvalue weighted by Gasteiger charge is 2.13. The third-order valence-electron chi connectivity index (χ3n) is 3.10. The number of rotatable bonds is 4. The van der Waals surface area contributed by atoms with Crippen molar-refractivity contribution >= 4 is 11.7 Å². The Labute approximate surface area is 121 Å². The minimum absolute atomic E-state index is 0.247. The first-order valence-corrected chi connectivity index (χ1v) is 6.63. The van der Waals surface area contributed by atoms with E-state index in [0.29, 0.717) is 12.2 Å². The highest BCUT2D eigenvalue weighted by atomic mass is 16.7. The molecule has 7 heteroatoms. The lowest BCUT2D eigenvalue weighted by Crippen LogP contribution is -2.30. The number of nitrogens with zero attached hydrogens (tertiary/aromatic N) is 2. The van der Waals surface area contributed by atoms with Gasteiger partial charge in [-0.2, -0.15) is 5.10 Å². The minimum Gasteiger partial charge on any atom is -0.454 e. The summed E-state index contributed by atoms with van der Waals surface area (Å²) in [6.45, 7) is 0.802. The number of nitrogens with one attached hydrogen (secondary N) is 2. The molecule has 2 aromatic rings. The Kier molecular flexibility index (Phi) is 3.63. The summed E-state index contributed by atoms with van der Waals surface area (Å²) in [7, 11) is 1.79. The lowest BCUT2D eigenvalue weighted by molar-refractivity contribution is 0.174. The third-order valence-corrected chi connectivity index (χ3v) is 3.10. The molecule has 0 aliphatic carbocycles. The normalized spacial score (nSPS) is 12.2. The Morgan fingerprint density at radius 2 is 2.24 bits per heavy atom. The molecule has 1 aromatic heterocycles. The van der Waals surface area contributed by atoms with E-state index in [1.54, 1.807) is 24.1 Å². The molecule has 2 heterocycles. The first-order chi connectivity index (χ1) is 10.2. The van der Waals surface area contributed by atoms with Crippen molar-refractivity contribution in [1.82, 2.24) is 15.1 Å². The number of carbonyl (C=O) groups excluding carboxylic acids is 1. The molecule has 0 bridgehead atoms. The molecule has 2 N–H and O–H groups in total. The van der Waals surface area contributed by atoms with E-state index in [0.717, 1.165) is 23.5 Å². The van der Waals surface area contributed by atoms with Gasteiger partial charge in [0.05, 0.1) is 11.9 Å². The maximum atomic E-state index is 11.7. The predicted molar refractivity (Wildman–Crippen MR) is 76.5 cm³/mol. The van der Waals surface area contributed by atoms with Crippen LogP contribution in [0.1, 0.15) is 5.56 Å². The highest BCUT2D eigenvalue weighted by Crippen LogP contribution is 2.32. The number of aromatic nitrogens is 2. The Hall–Kier alpha value is -2.70. The molecule has 21 heavy (non-hydrogen) atoms. The summed E-state index contributed by atoms with van der Waals surface area (Å²) in [5, 5.41) is 9.49. The van der Waals surface area contributed by atoms with Crippen LogP contribution in [0.25, 0.3) is 0 Å². The molecule has 0 spiro atoms. The van der Waals surface area contributed by atoms with Gasteiger partial charge < -0.3 is 20.1 Å². The molecule has 0 radical (unpaired) electrons. The quantitative estimate of drug-likeness (QED) is 0.894.